The zero-order valence-corrected chi connectivity index (χ0v) is 8.79. The first-order valence-electron chi connectivity index (χ1n) is 4.92. The van der Waals surface area contributed by atoms with Crippen molar-refractivity contribution in [2.45, 2.75) is 25.8 Å². The Balaban J connectivity index is 2.73. The molecular weight excluding hydrogens is 176 g/mol. The molecule has 0 saturated carbocycles. The number of rotatable bonds is 5. The first kappa shape index (κ1) is 11.0. The van der Waals surface area contributed by atoms with Gasteiger partial charge in [0, 0.05) is 6.04 Å². The molecule has 14 heavy (non-hydrogen) atoms. The van der Waals surface area contributed by atoms with Crippen molar-refractivity contribution in [2.24, 2.45) is 5.84 Å². The molecule has 78 valence electrons. The molecule has 0 fully saturated rings. The van der Waals surface area contributed by atoms with Crippen molar-refractivity contribution in [3.63, 3.8) is 0 Å². The van der Waals surface area contributed by atoms with E-state index in [-0.39, 0.29) is 6.04 Å². The quantitative estimate of drug-likeness (QED) is 0.556. The van der Waals surface area contributed by atoms with Gasteiger partial charge in [-0.05, 0) is 24.1 Å². The van der Waals surface area contributed by atoms with Crippen LogP contribution in [0, 0.1) is 0 Å². The van der Waals surface area contributed by atoms with Crippen molar-refractivity contribution in [1.29, 1.82) is 0 Å². The number of ether oxygens (including phenoxy) is 1. The Morgan fingerprint density at radius 3 is 2.43 bits per heavy atom. The van der Waals surface area contributed by atoms with Crippen LogP contribution in [0.25, 0.3) is 0 Å². The summed E-state index contributed by atoms with van der Waals surface area (Å²) in [7, 11) is 1.67. The molecule has 1 aromatic rings. The molecule has 0 radical (unpaired) electrons. The summed E-state index contributed by atoms with van der Waals surface area (Å²) in [4.78, 5) is 0. The second-order valence-electron chi connectivity index (χ2n) is 3.28. The van der Waals surface area contributed by atoms with E-state index < -0.39 is 0 Å². The molecule has 3 nitrogen and oxygen atoms in total. The van der Waals surface area contributed by atoms with Gasteiger partial charge in [-0.3, -0.25) is 11.3 Å². The number of benzene rings is 1. The summed E-state index contributed by atoms with van der Waals surface area (Å²) in [5.41, 5.74) is 4.02. The van der Waals surface area contributed by atoms with Crippen LogP contribution in [0.3, 0.4) is 0 Å². The van der Waals surface area contributed by atoms with Crippen LogP contribution in [0.5, 0.6) is 5.75 Å². The van der Waals surface area contributed by atoms with Gasteiger partial charge in [-0.25, -0.2) is 0 Å². The molecule has 0 unspecified atom stereocenters. The largest absolute Gasteiger partial charge is 0.497 e. The highest BCUT2D eigenvalue weighted by molar-refractivity contribution is 5.28. The number of nitrogens with two attached hydrogens (primary N) is 1. The SMILES string of the molecule is CCC[C@@H](NN)c1ccc(OC)cc1. The van der Waals surface area contributed by atoms with Crippen molar-refractivity contribution in [1.82, 2.24) is 5.43 Å². The molecule has 1 rings (SSSR count). The first-order chi connectivity index (χ1) is 6.81. The molecule has 0 amide bonds. The molecule has 0 heterocycles. The van der Waals surface area contributed by atoms with Crippen LogP contribution < -0.4 is 16.0 Å². The lowest BCUT2D eigenvalue weighted by molar-refractivity contribution is 0.414. The highest BCUT2D eigenvalue weighted by atomic mass is 16.5. The third kappa shape index (κ3) is 2.72. The minimum atomic E-state index is 0.242. The van der Waals surface area contributed by atoms with E-state index >= 15 is 0 Å². The van der Waals surface area contributed by atoms with Crippen molar-refractivity contribution >= 4 is 0 Å². The van der Waals surface area contributed by atoms with Crippen LogP contribution in [0.2, 0.25) is 0 Å². The van der Waals surface area contributed by atoms with E-state index in [9.17, 15) is 0 Å². The average Bonchev–Trinajstić information content (AvgIpc) is 2.26. The molecule has 1 aromatic carbocycles. The van der Waals surface area contributed by atoms with Gasteiger partial charge in [-0.2, -0.15) is 0 Å². The smallest absolute Gasteiger partial charge is 0.118 e. The maximum absolute atomic E-state index is 5.48. The Hall–Kier alpha value is -1.06. The first-order valence-corrected chi connectivity index (χ1v) is 4.92. The van der Waals surface area contributed by atoms with Crippen molar-refractivity contribution in [3.8, 4) is 5.75 Å². The number of hydrogen-bond donors (Lipinski definition) is 2. The van der Waals surface area contributed by atoms with E-state index in [1.165, 1.54) is 5.56 Å². The lowest BCUT2D eigenvalue weighted by Gasteiger charge is -2.15. The van der Waals surface area contributed by atoms with Crippen LogP contribution in [-0.2, 0) is 0 Å². The highest BCUT2D eigenvalue weighted by Gasteiger charge is 2.07. The lowest BCUT2D eigenvalue weighted by atomic mass is 10.0. The minimum absolute atomic E-state index is 0.242. The van der Waals surface area contributed by atoms with Crippen LogP contribution >= 0.6 is 0 Å². The highest BCUT2D eigenvalue weighted by Crippen LogP contribution is 2.20. The van der Waals surface area contributed by atoms with E-state index in [4.69, 9.17) is 10.6 Å². The third-order valence-electron chi connectivity index (χ3n) is 2.30. The van der Waals surface area contributed by atoms with Gasteiger partial charge in [0.2, 0.25) is 0 Å². The molecule has 0 saturated heterocycles. The topological polar surface area (TPSA) is 47.3 Å². The van der Waals surface area contributed by atoms with Crippen LogP contribution in [0.4, 0.5) is 0 Å². The molecule has 0 aromatic heterocycles. The van der Waals surface area contributed by atoms with Gasteiger partial charge in [-0.15, -0.1) is 0 Å². The molecule has 3 heteroatoms. The summed E-state index contributed by atoms with van der Waals surface area (Å²) >= 11 is 0. The Morgan fingerprint density at radius 1 is 1.36 bits per heavy atom. The maximum Gasteiger partial charge on any atom is 0.118 e. The second kappa shape index (κ2) is 5.62. The molecule has 0 aliphatic carbocycles. The fourth-order valence-corrected chi connectivity index (χ4v) is 1.47. The lowest BCUT2D eigenvalue weighted by Crippen LogP contribution is -2.27. The van der Waals surface area contributed by atoms with Crippen molar-refractivity contribution in [2.75, 3.05) is 7.11 Å². The number of nitrogens with one attached hydrogen (secondary N) is 1. The van der Waals surface area contributed by atoms with Gasteiger partial charge in [0.15, 0.2) is 0 Å². The van der Waals surface area contributed by atoms with Gasteiger partial charge in [0.1, 0.15) is 5.75 Å². The third-order valence-corrected chi connectivity index (χ3v) is 2.30. The van der Waals surface area contributed by atoms with E-state index in [0.717, 1.165) is 18.6 Å². The van der Waals surface area contributed by atoms with E-state index in [2.05, 4.69) is 12.3 Å². The Morgan fingerprint density at radius 2 is 2.00 bits per heavy atom. The van der Waals surface area contributed by atoms with Gasteiger partial charge in [-0.1, -0.05) is 25.5 Å². The number of hydrogen-bond acceptors (Lipinski definition) is 3. The van der Waals surface area contributed by atoms with E-state index in [1.54, 1.807) is 7.11 Å². The van der Waals surface area contributed by atoms with E-state index in [0.29, 0.717) is 0 Å². The molecule has 0 spiro atoms. The molecule has 3 N–H and O–H groups in total. The standard InChI is InChI=1S/C11H18N2O/c1-3-4-11(13-12)9-5-7-10(14-2)8-6-9/h5-8,11,13H,3-4,12H2,1-2H3/t11-/m1/s1. The molecular formula is C11H18N2O. The fourth-order valence-electron chi connectivity index (χ4n) is 1.47. The summed E-state index contributed by atoms with van der Waals surface area (Å²) in [5.74, 6) is 6.36. The van der Waals surface area contributed by atoms with Crippen molar-refractivity contribution in [3.05, 3.63) is 29.8 Å². The Labute approximate surface area is 85.2 Å². The van der Waals surface area contributed by atoms with Crippen molar-refractivity contribution < 1.29 is 4.74 Å². The van der Waals surface area contributed by atoms with Crippen LogP contribution in [-0.4, -0.2) is 7.11 Å². The Bertz CT molecular complexity index is 258. The molecule has 1 atom stereocenters. The predicted octanol–water partition coefficient (Wildman–Crippen LogP) is 2.00. The van der Waals surface area contributed by atoms with Crippen LogP contribution in [0.15, 0.2) is 24.3 Å². The van der Waals surface area contributed by atoms with Gasteiger partial charge in [0.25, 0.3) is 0 Å². The van der Waals surface area contributed by atoms with Crippen LogP contribution in [0.1, 0.15) is 31.4 Å². The summed E-state index contributed by atoms with van der Waals surface area (Å²) in [5, 5.41) is 0. The molecule has 0 aliphatic heterocycles. The number of methoxy groups -OCH3 is 1. The number of hydrazine groups is 1. The maximum atomic E-state index is 5.48. The zero-order valence-electron chi connectivity index (χ0n) is 8.79. The van der Waals surface area contributed by atoms with Gasteiger partial charge < -0.3 is 4.74 Å². The summed E-state index contributed by atoms with van der Waals surface area (Å²) in [6, 6.07) is 8.23. The average molecular weight is 194 g/mol. The van der Waals surface area contributed by atoms with E-state index in [1.807, 2.05) is 24.3 Å². The zero-order chi connectivity index (χ0) is 10.4. The minimum Gasteiger partial charge on any atom is -0.497 e. The van der Waals surface area contributed by atoms with Gasteiger partial charge >= 0.3 is 0 Å². The Kier molecular flexibility index (Phi) is 4.43. The summed E-state index contributed by atoms with van der Waals surface area (Å²) in [6.45, 7) is 2.15. The molecule has 0 aliphatic rings. The second-order valence-corrected chi connectivity index (χ2v) is 3.28. The summed E-state index contributed by atoms with van der Waals surface area (Å²) in [6.07, 6.45) is 2.16. The monoisotopic (exact) mass is 194 g/mol. The molecule has 0 bridgehead atoms. The van der Waals surface area contributed by atoms with Gasteiger partial charge in [0.05, 0.1) is 7.11 Å². The fraction of sp³-hybridized carbons (Fsp3) is 0.455. The predicted molar refractivity (Wildman–Crippen MR) is 58.0 cm³/mol. The summed E-state index contributed by atoms with van der Waals surface area (Å²) < 4.78 is 5.09. The normalized spacial score (nSPS) is 12.5.